The maximum absolute atomic E-state index is 11.0. The molecular formula is C12H11N3O3S. The minimum absolute atomic E-state index is 0.0812. The van der Waals surface area contributed by atoms with E-state index in [-0.39, 0.29) is 11.3 Å². The number of benzene rings is 1. The van der Waals surface area contributed by atoms with Crippen molar-refractivity contribution in [2.45, 2.75) is 6.54 Å². The van der Waals surface area contributed by atoms with Gasteiger partial charge in [0, 0.05) is 24.1 Å². The fourth-order valence-electron chi connectivity index (χ4n) is 1.73. The van der Waals surface area contributed by atoms with Crippen molar-refractivity contribution >= 4 is 29.0 Å². The summed E-state index contributed by atoms with van der Waals surface area (Å²) in [5.41, 5.74) is 3.23. The number of aromatic nitrogens is 1. The zero-order chi connectivity index (χ0) is 13.8. The van der Waals surface area contributed by atoms with Crippen LogP contribution in [0.5, 0.6) is 0 Å². The maximum atomic E-state index is 11.0. The van der Waals surface area contributed by atoms with Crippen molar-refractivity contribution in [3.05, 3.63) is 50.5 Å². The number of hydrogen-bond donors (Lipinski definition) is 0. The molecular weight excluding hydrogens is 266 g/mol. The largest absolute Gasteiger partial charge is 0.363 e. The average molecular weight is 277 g/mol. The monoisotopic (exact) mass is 277 g/mol. The lowest BCUT2D eigenvalue weighted by Crippen LogP contribution is -2.18. The Hall–Kier alpha value is -2.28. The maximum Gasteiger partial charge on any atom is 0.293 e. The van der Waals surface area contributed by atoms with Gasteiger partial charge < -0.3 is 4.90 Å². The molecule has 0 unspecified atom stereocenters. The fourth-order valence-corrected chi connectivity index (χ4v) is 2.28. The van der Waals surface area contributed by atoms with E-state index in [4.69, 9.17) is 0 Å². The topological polar surface area (TPSA) is 76.3 Å². The van der Waals surface area contributed by atoms with E-state index in [1.807, 2.05) is 5.38 Å². The highest BCUT2D eigenvalue weighted by molar-refractivity contribution is 7.07. The molecule has 19 heavy (non-hydrogen) atoms. The van der Waals surface area contributed by atoms with Gasteiger partial charge in [-0.1, -0.05) is 0 Å². The Kier molecular flexibility index (Phi) is 3.86. The van der Waals surface area contributed by atoms with E-state index in [0.29, 0.717) is 18.5 Å². The summed E-state index contributed by atoms with van der Waals surface area (Å²) in [5, 5.41) is 12.9. The predicted molar refractivity (Wildman–Crippen MR) is 72.7 cm³/mol. The molecule has 0 aliphatic rings. The van der Waals surface area contributed by atoms with Gasteiger partial charge in [0.2, 0.25) is 0 Å². The highest BCUT2D eigenvalue weighted by Crippen LogP contribution is 2.29. The second-order valence-corrected chi connectivity index (χ2v) is 4.68. The first-order valence-corrected chi connectivity index (χ1v) is 6.38. The van der Waals surface area contributed by atoms with E-state index >= 15 is 0 Å². The second-order valence-electron chi connectivity index (χ2n) is 3.96. The van der Waals surface area contributed by atoms with Gasteiger partial charge in [-0.15, -0.1) is 11.3 Å². The Morgan fingerprint density at radius 3 is 2.89 bits per heavy atom. The summed E-state index contributed by atoms with van der Waals surface area (Å²) in [7, 11) is 1.75. The van der Waals surface area contributed by atoms with E-state index in [1.54, 1.807) is 29.6 Å². The van der Waals surface area contributed by atoms with Crippen LogP contribution in [0.25, 0.3) is 0 Å². The van der Waals surface area contributed by atoms with Crippen LogP contribution in [0.4, 0.5) is 11.4 Å². The third-order valence-corrected chi connectivity index (χ3v) is 3.26. The Morgan fingerprint density at radius 2 is 2.32 bits per heavy atom. The van der Waals surface area contributed by atoms with Gasteiger partial charge >= 0.3 is 0 Å². The summed E-state index contributed by atoms with van der Waals surface area (Å²) in [5.74, 6) is 0. The number of anilines is 1. The smallest absolute Gasteiger partial charge is 0.293 e. The third-order valence-electron chi connectivity index (χ3n) is 2.63. The normalized spacial score (nSPS) is 10.2. The van der Waals surface area contributed by atoms with Crippen LogP contribution in [0.1, 0.15) is 16.1 Å². The van der Waals surface area contributed by atoms with E-state index in [1.165, 1.54) is 17.4 Å². The molecule has 1 aromatic carbocycles. The van der Waals surface area contributed by atoms with Crippen LogP contribution < -0.4 is 4.90 Å². The van der Waals surface area contributed by atoms with Crippen molar-refractivity contribution < 1.29 is 9.72 Å². The van der Waals surface area contributed by atoms with Crippen molar-refractivity contribution in [3.63, 3.8) is 0 Å². The first kappa shape index (κ1) is 13.2. The molecule has 2 rings (SSSR count). The molecule has 0 spiro atoms. The Morgan fingerprint density at radius 1 is 1.53 bits per heavy atom. The zero-order valence-electron chi connectivity index (χ0n) is 10.1. The molecule has 2 aromatic rings. The molecule has 0 fully saturated rings. The number of rotatable bonds is 5. The van der Waals surface area contributed by atoms with Crippen LogP contribution in [0.15, 0.2) is 29.1 Å². The quantitative estimate of drug-likeness (QED) is 0.477. The zero-order valence-corrected chi connectivity index (χ0v) is 11.0. The summed E-state index contributed by atoms with van der Waals surface area (Å²) >= 11 is 1.48. The lowest BCUT2D eigenvalue weighted by Gasteiger charge is -2.18. The average Bonchev–Trinajstić information content (AvgIpc) is 2.90. The number of carbonyl (C=O) groups is 1. The summed E-state index contributed by atoms with van der Waals surface area (Å²) in [6.07, 6.45) is 0.594. The molecule has 1 aromatic heterocycles. The van der Waals surface area contributed by atoms with Gasteiger partial charge in [0.15, 0.2) is 0 Å². The summed E-state index contributed by atoms with van der Waals surface area (Å²) < 4.78 is 0. The number of hydrogen-bond acceptors (Lipinski definition) is 6. The van der Waals surface area contributed by atoms with Crippen LogP contribution in [-0.2, 0) is 6.54 Å². The minimum atomic E-state index is -0.486. The van der Waals surface area contributed by atoms with Gasteiger partial charge in [-0.3, -0.25) is 14.9 Å². The van der Waals surface area contributed by atoms with Gasteiger partial charge in [-0.25, -0.2) is 4.98 Å². The Bertz CT molecular complexity index is 598. The fraction of sp³-hybridized carbons (Fsp3) is 0.167. The molecule has 7 heteroatoms. The van der Waals surface area contributed by atoms with E-state index in [9.17, 15) is 14.9 Å². The number of nitro benzene ring substituents is 1. The van der Waals surface area contributed by atoms with Crippen LogP contribution in [-0.4, -0.2) is 23.2 Å². The van der Waals surface area contributed by atoms with Gasteiger partial charge in [0.25, 0.3) is 5.69 Å². The van der Waals surface area contributed by atoms with Crippen LogP contribution in [0.2, 0.25) is 0 Å². The molecule has 0 N–H and O–H groups in total. The van der Waals surface area contributed by atoms with Crippen LogP contribution in [0.3, 0.4) is 0 Å². The van der Waals surface area contributed by atoms with Crippen molar-refractivity contribution in [2.24, 2.45) is 0 Å². The van der Waals surface area contributed by atoms with E-state index in [0.717, 1.165) is 5.69 Å². The van der Waals surface area contributed by atoms with Crippen molar-refractivity contribution in [1.29, 1.82) is 0 Å². The number of thiazole rings is 1. The summed E-state index contributed by atoms with van der Waals surface area (Å²) in [6, 6.07) is 4.42. The first-order valence-electron chi connectivity index (χ1n) is 5.43. The summed E-state index contributed by atoms with van der Waals surface area (Å²) in [6.45, 7) is 0.477. The van der Waals surface area contributed by atoms with Crippen molar-refractivity contribution in [3.8, 4) is 0 Å². The molecule has 0 aliphatic carbocycles. The summed E-state index contributed by atoms with van der Waals surface area (Å²) in [4.78, 5) is 27.1. The third kappa shape index (κ3) is 2.94. The number of nitrogens with zero attached hydrogens (tertiary/aromatic N) is 3. The van der Waals surface area contributed by atoms with Crippen molar-refractivity contribution in [1.82, 2.24) is 4.98 Å². The lowest BCUT2D eigenvalue weighted by molar-refractivity contribution is -0.384. The van der Waals surface area contributed by atoms with E-state index in [2.05, 4.69) is 4.98 Å². The molecule has 1 heterocycles. The molecule has 98 valence electrons. The highest BCUT2D eigenvalue weighted by atomic mass is 32.1. The first-order chi connectivity index (χ1) is 9.11. The molecule has 0 aliphatic heterocycles. The molecule has 0 amide bonds. The van der Waals surface area contributed by atoms with Gasteiger partial charge in [-0.2, -0.15) is 0 Å². The number of carbonyl (C=O) groups excluding carboxylic acids is 1. The van der Waals surface area contributed by atoms with Gasteiger partial charge in [-0.05, 0) is 12.1 Å². The number of aldehydes is 1. The molecule has 0 bridgehead atoms. The molecule has 0 saturated carbocycles. The Balaban J connectivity index is 2.32. The lowest BCUT2D eigenvalue weighted by atomic mass is 10.1. The van der Waals surface area contributed by atoms with E-state index < -0.39 is 4.92 Å². The molecule has 0 atom stereocenters. The van der Waals surface area contributed by atoms with Crippen LogP contribution >= 0.6 is 11.3 Å². The predicted octanol–water partition coefficient (Wildman–Crippen LogP) is 2.50. The number of nitro groups is 1. The minimum Gasteiger partial charge on any atom is -0.363 e. The molecule has 6 nitrogen and oxygen atoms in total. The molecule has 0 saturated heterocycles. The Labute approximate surface area is 113 Å². The standard InChI is InChI=1S/C12H11N3O3S/c1-14(5-10-7-19-8-13-10)11-3-2-9(6-16)4-12(11)15(17)18/h2-4,6-8H,5H2,1H3. The van der Waals surface area contributed by atoms with Crippen LogP contribution in [0, 0.1) is 10.1 Å². The second kappa shape index (κ2) is 5.57. The SMILES string of the molecule is CN(Cc1cscn1)c1ccc(C=O)cc1[N+](=O)[O-]. The highest BCUT2D eigenvalue weighted by Gasteiger charge is 2.18. The van der Waals surface area contributed by atoms with Crippen molar-refractivity contribution in [2.75, 3.05) is 11.9 Å². The van der Waals surface area contributed by atoms with Gasteiger partial charge in [0.1, 0.15) is 12.0 Å². The molecule has 0 radical (unpaired) electrons. The van der Waals surface area contributed by atoms with Gasteiger partial charge in [0.05, 0.1) is 22.7 Å².